The summed E-state index contributed by atoms with van der Waals surface area (Å²) >= 11 is 0. The summed E-state index contributed by atoms with van der Waals surface area (Å²) in [7, 11) is 0. The van der Waals surface area contributed by atoms with Crippen molar-refractivity contribution in [2.24, 2.45) is 0 Å². The summed E-state index contributed by atoms with van der Waals surface area (Å²) < 4.78 is 0. The first-order valence-corrected chi connectivity index (χ1v) is 5.85. The highest BCUT2D eigenvalue weighted by atomic mass is 16.1. The van der Waals surface area contributed by atoms with Gasteiger partial charge in [-0.3, -0.25) is 4.79 Å². The zero-order chi connectivity index (χ0) is 12.4. The molecule has 0 radical (unpaired) electrons. The Morgan fingerprint density at radius 1 is 0.812 bits per heavy atom. The van der Waals surface area contributed by atoms with Gasteiger partial charge in [-0.2, -0.15) is 0 Å². The van der Waals surface area contributed by atoms with Crippen LogP contribution < -0.4 is 0 Å². The molecule has 0 aliphatic heterocycles. The van der Waals surface area contributed by atoms with Gasteiger partial charge in [-0.05, 0) is 10.8 Å². The molecule has 0 fully saturated rings. The molecule has 0 spiro atoms. The minimum atomic E-state index is 0.758. The highest BCUT2D eigenvalue weighted by Gasteiger charge is 1.96. The molecule has 2 aromatic rings. The maximum Gasteiger partial charge on any atom is 0.150 e. The summed E-state index contributed by atoms with van der Waals surface area (Å²) in [6.45, 7) is 8.00. The lowest BCUT2D eigenvalue weighted by molar-refractivity contribution is 0.112. The maximum atomic E-state index is 10.6. The van der Waals surface area contributed by atoms with Crippen LogP contribution in [0.1, 0.15) is 38.1 Å². The zero-order valence-corrected chi connectivity index (χ0v) is 10.5. The third-order valence-corrected chi connectivity index (χ3v) is 1.95. The van der Waals surface area contributed by atoms with Crippen LogP contribution in [0.25, 0.3) is 10.8 Å². The average Bonchev–Trinajstić information content (AvgIpc) is 2.42. The van der Waals surface area contributed by atoms with Gasteiger partial charge in [0.15, 0.2) is 6.29 Å². The molecule has 0 atom stereocenters. The molecule has 16 heavy (non-hydrogen) atoms. The second-order valence-electron chi connectivity index (χ2n) is 2.69. The third-order valence-electron chi connectivity index (χ3n) is 1.95. The van der Waals surface area contributed by atoms with E-state index < -0.39 is 0 Å². The van der Waals surface area contributed by atoms with Gasteiger partial charge in [-0.15, -0.1) is 0 Å². The summed E-state index contributed by atoms with van der Waals surface area (Å²) in [6.07, 6.45) is 0.891. The highest BCUT2D eigenvalue weighted by molar-refractivity contribution is 5.97. The van der Waals surface area contributed by atoms with Crippen molar-refractivity contribution in [2.45, 2.75) is 27.7 Å². The van der Waals surface area contributed by atoms with Crippen molar-refractivity contribution in [1.29, 1.82) is 0 Å². The molecule has 0 N–H and O–H groups in total. The first-order valence-electron chi connectivity index (χ1n) is 5.85. The molecule has 0 bridgehead atoms. The number of hydrogen-bond acceptors (Lipinski definition) is 1. The Morgan fingerprint density at radius 2 is 1.38 bits per heavy atom. The van der Waals surface area contributed by atoms with Crippen LogP contribution in [0.2, 0.25) is 0 Å². The van der Waals surface area contributed by atoms with E-state index in [9.17, 15) is 4.79 Å². The van der Waals surface area contributed by atoms with Gasteiger partial charge in [0.05, 0.1) is 0 Å². The first-order chi connectivity index (χ1) is 7.92. The normalized spacial score (nSPS) is 8.25. The second kappa shape index (κ2) is 8.66. The standard InChI is InChI=1S/C11H8O.2C2H6/c12-8-10-6-3-5-9-4-1-2-7-11(9)10;2*1-2/h1-8H;2*1-2H3. The quantitative estimate of drug-likeness (QED) is 0.631. The number of aldehydes is 1. The molecule has 0 aromatic heterocycles. The molecule has 2 aromatic carbocycles. The fraction of sp³-hybridized carbons (Fsp3) is 0.267. The van der Waals surface area contributed by atoms with Crippen LogP contribution >= 0.6 is 0 Å². The Kier molecular flexibility index (Phi) is 7.78. The van der Waals surface area contributed by atoms with Crippen LogP contribution in [-0.2, 0) is 0 Å². The Bertz CT molecular complexity index is 413. The zero-order valence-electron chi connectivity index (χ0n) is 10.5. The summed E-state index contributed by atoms with van der Waals surface area (Å²) in [5.74, 6) is 0. The molecule has 0 heterocycles. The molecule has 0 amide bonds. The third kappa shape index (κ3) is 3.50. The van der Waals surface area contributed by atoms with Gasteiger partial charge in [0.25, 0.3) is 0 Å². The van der Waals surface area contributed by atoms with E-state index in [2.05, 4.69) is 0 Å². The van der Waals surface area contributed by atoms with Crippen LogP contribution in [0.3, 0.4) is 0 Å². The van der Waals surface area contributed by atoms with E-state index in [1.807, 2.05) is 70.2 Å². The van der Waals surface area contributed by atoms with Gasteiger partial charge in [-0.1, -0.05) is 70.2 Å². The molecular formula is C15H20O. The van der Waals surface area contributed by atoms with Crippen LogP contribution in [0.4, 0.5) is 0 Å². The fourth-order valence-corrected chi connectivity index (χ4v) is 1.35. The summed E-state index contributed by atoms with van der Waals surface area (Å²) in [5.41, 5.74) is 0.758. The Labute approximate surface area is 98.1 Å². The van der Waals surface area contributed by atoms with Crippen molar-refractivity contribution < 1.29 is 4.79 Å². The first kappa shape index (κ1) is 14.4. The van der Waals surface area contributed by atoms with Gasteiger partial charge < -0.3 is 0 Å². The predicted octanol–water partition coefficient (Wildman–Crippen LogP) is 4.70. The smallest absolute Gasteiger partial charge is 0.150 e. The molecule has 1 heteroatoms. The second-order valence-corrected chi connectivity index (χ2v) is 2.69. The predicted molar refractivity (Wildman–Crippen MR) is 72.0 cm³/mol. The molecule has 0 saturated heterocycles. The summed E-state index contributed by atoms with van der Waals surface area (Å²) in [5, 5.41) is 2.14. The maximum absolute atomic E-state index is 10.6. The van der Waals surface area contributed by atoms with E-state index in [-0.39, 0.29) is 0 Å². The molecule has 0 saturated carbocycles. The SMILES string of the molecule is CC.CC.O=Cc1cccc2ccccc12. The van der Waals surface area contributed by atoms with E-state index in [1.54, 1.807) is 0 Å². The Balaban J connectivity index is 0.000000509. The molecule has 1 nitrogen and oxygen atoms in total. The largest absolute Gasteiger partial charge is 0.298 e. The van der Waals surface area contributed by atoms with Crippen LogP contribution in [0.15, 0.2) is 42.5 Å². The Morgan fingerprint density at radius 3 is 2.00 bits per heavy atom. The Hall–Kier alpha value is -1.63. The van der Waals surface area contributed by atoms with Gasteiger partial charge >= 0.3 is 0 Å². The van der Waals surface area contributed by atoms with Crippen molar-refractivity contribution in [2.75, 3.05) is 0 Å². The summed E-state index contributed by atoms with van der Waals surface area (Å²) in [4.78, 5) is 10.6. The number of benzene rings is 2. The molecule has 0 aliphatic carbocycles. The van der Waals surface area contributed by atoms with Crippen LogP contribution in [-0.4, -0.2) is 6.29 Å². The number of fused-ring (bicyclic) bond motifs is 1. The molecule has 2 rings (SSSR count). The molecular weight excluding hydrogens is 196 g/mol. The van der Waals surface area contributed by atoms with E-state index in [0.717, 1.165) is 22.6 Å². The lowest BCUT2D eigenvalue weighted by Crippen LogP contribution is -1.81. The van der Waals surface area contributed by atoms with Crippen molar-refractivity contribution >= 4 is 17.1 Å². The number of hydrogen-bond donors (Lipinski definition) is 0. The van der Waals surface area contributed by atoms with Crippen LogP contribution in [0, 0.1) is 0 Å². The van der Waals surface area contributed by atoms with Crippen LogP contribution in [0.5, 0.6) is 0 Å². The fourth-order valence-electron chi connectivity index (χ4n) is 1.35. The van der Waals surface area contributed by atoms with Crippen molar-refractivity contribution in [3.8, 4) is 0 Å². The number of rotatable bonds is 1. The summed E-state index contributed by atoms with van der Waals surface area (Å²) in [6, 6.07) is 13.6. The van der Waals surface area contributed by atoms with Crippen molar-refractivity contribution in [3.05, 3.63) is 48.0 Å². The van der Waals surface area contributed by atoms with Crippen molar-refractivity contribution in [3.63, 3.8) is 0 Å². The molecule has 0 aliphatic rings. The van der Waals surface area contributed by atoms with E-state index in [1.165, 1.54) is 0 Å². The van der Waals surface area contributed by atoms with Gasteiger partial charge in [0.2, 0.25) is 0 Å². The molecule has 0 unspecified atom stereocenters. The van der Waals surface area contributed by atoms with Gasteiger partial charge in [-0.25, -0.2) is 0 Å². The topological polar surface area (TPSA) is 17.1 Å². The van der Waals surface area contributed by atoms with Crippen molar-refractivity contribution in [1.82, 2.24) is 0 Å². The number of carbonyl (C=O) groups excluding carboxylic acids is 1. The molecule has 86 valence electrons. The monoisotopic (exact) mass is 216 g/mol. The van der Waals surface area contributed by atoms with E-state index in [4.69, 9.17) is 0 Å². The van der Waals surface area contributed by atoms with Gasteiger partial charge in [0, 0.05) is 5.56 Å². The minimum Gasteiger partial charge on any atom is -0.298 e. The average molecular weight is 216 g/mol. The van der Waals surface area contributed by atoms with E-state index >= 15 is 0 Å². The highest BCUT2D eigenvalue weighted by Crippen LogP contribution is 2.16. The number of carbonyl (C=O) groups is 1. The van der Waals surface area contributed by atoms with Gasteiger partial charge in [0.1, 0.15) is 0 Å². The van der Waals surface area contributed by atoms with E-state index in [0.29, 0.717) is 0 Å². The lowest BCUT2D eigenvalue weighted by atomic mass is 10.1. The minimum absolute atomic E-state index is 0.758. The lowest BCUT2D eigenvalue weighted by Gasteiger charge is -1.98.